The Morgan fingerprint density at radius 3 is 2.77 bits per heavy atom. The van der Waals surface area contributed by atoms with Gasteiger partial charge in [0.15, 0.2) is 0 Å². The first-order chi connectivity index (χ1) is 10.4. The van der Waals surface area contributed by atoms with Gasteiger partial charge in [-0.05, 0) is 57.4 Å². The molecular weight excluding hydrogens is 276 g/mol. The molecule has 0 unspecified atom stereocenters. The van der Waals surface area contributed by atoms with Crippen LogP contribution >= 0.6 is 0 Å². The number of carbonyl (C=O) groups excluding carboxylic acids is 1. The van der Waals surface area contributed by atoms with Crippen molar-refractivity contribution in [3.8, 4) is 0 Å². The summed E-state index contributed by atoms with van der Waals surface area (Å²) in [4.78, 5) is 14.0. The number of rotatable bonds is 5. The molecule has 0 aliphatic carbocycles. The van der Waals surface area contributed by atoms with Crippen molar-refractivity contribution < 1.29 is 9.53 Å². The third-order valence-corrected chi connectivity index (χ3v) is 3.70. The van der Waals surface area contributed by atoms with Crippen LogP contribution in [0.15, 0.2) is 18.2 Å². The number of anilines is 2. The van der Waals surface area contributed by atoms with E-state index in [1.165, 1.54) is 24.8 Å². The number of fused-ring (bicyclic) bond motifs is 1. The van der Waals surface area contributed by atoms with Gasteiger partial charge in [0.25, 0.3) is 0 Å². The predicted molar refractivity (Wildman–Crippen MR) is 91.7 cm³/mol. The van der Waals surface area contributed by atoms with Crippen LogP contribution in [-0.2, 0) is 11.2 Å². The van der Waals surface area contributed by atoms with Crippen molar-refractivity contribution in [1.29, 1.82) is 0 Å². The fourth-order valence-corrected chi connectivity index (χ4v) is 2.63. The maximum absolute atomic E-state index is 12.2. The lowest BCUT2D eigenvalue weighted by atomic mass is 10.1. The first-order valence-corrected chi connectivity index (χ1v) is 8.28. The van der Waals surface area contributed by atoms with Gasteiger partial charge in [-0.1, -0.05) is 19.8 Å². The zero-order valence-electron chi connectivity index (χ0n) is 14.2. The molecule has 122 valence electrons. The number of nitrogens with one attached hydrogen (secondary N) is 1. The molecule has 0 fully saturated rings. The molecule has 0 spiro atoms. The summed E-state index contributed by atoms with van der Waals surface area (Å²) in [5.41, 5.74) is 2.88. The maximum atomic E-state index is 12.2. The smallest absolute Gasteiger partial charge is 0.414 e. The van der Waals surface area contributed by atoms with Gasteiger partial charge in [-0.3, -0.25) is 4.90 Å². The minimum atomic E-state index is -0.458. The average molecular weight is 304 g/mol. The molecule has 1 aromatic rings. The van der Waals surface area contributed by atoms with E-state index < -0.39 is 5.60 Å². The monoisotopic (exact) mass is 304 g/mol. The number of hydrogen-bond donors (Lipinski definition) is 1. The predicted octanol–water partition coefficient (Wildman–Crippen LogP) is 4.59. The van der Waals surface area contributed by atoms with E-state index in [4.69, 9.17) is 4.74 Å². The fraction of sp³-hybridized carbons (Fsp3) is 0.611. The summed E-state index contributed by atoms with van der Waals surface area (Å²) in [7, 11) is 0. The zero-order valence-corrected chi connectivity index (χ0v) is 14.2. The first-order valence-electron chi connectivity index (χ1n) is 8.28. The van der Waals surface area contributed by atoms with Crippen molar-refractivity contribution >= 4 is 17.5 Å². The van der Waals surface area contributed by atoms with Crippen molar-refractivity contribution in [3.63, 3.8) is 0 Å². The van der Waals surface area contributed by atoms with Crippen molar-refractivity contribution in [1.82, 2.24) is 0 Å². The van der Waals surface area contributed by atoms with Gasteiger partial charge in [-0.15, -0.1) is 0 Å². The molecule has 4 nitrogen and oxygen atoms in total. The molecule has 1 amide bonds. The Bertz CT molecular complexity index is 520. The lowest BCUT2D eigenvalue weighted by Crippen LogP contribution is -2.35. The van der Waals surface area contributed by atoms with Gasteiger partial charge in [0, 0.05) is 18.8 Å². The van der Waals surface area contributed by atoms with Crippen LogP contribution in [0, 0.1) is 0 Å². The third kappa shape index (κ3) is 4.39. The molecule has 2 rings (SSSR count). The summed E-state index contributed by atoms with van der Waals surface area (Å²) in [6.45, 7) is 9.59. The van der Waals surface area contributed by atoms with Crippen LogP contribution in [0.1, 0.15) is 52.5 Å². The number of carbonyl (C=O) groups is 1. The summed E-state index contributed by atoms with van der Waals surface area (Å²) < 4.78 is 5.47. The molecule has 1 aliphatic rings. The van der Waals surface area contributed by atoms with Crippen LogP contribution in [0.25, 0.3) is 0 Å². The minimum absolute atomic E-state index is 0.255. The second-order valence-electron chi connectivity index (χ2n) is 6.86. The highest BCUT2D eigenvalue weighted by Gasteiger charge is 2.28. The Hall–Kier alpha value is -1.71. The number of benzene rings is 1. The highest BCUT2D eigenvalue weighted by atomic mass is 16.6. The normalized spacial score (nSPS) is 13.9. The van der Waals surface area contributed by atoms with E-state index >= 15 is 0 Å². The van der Waals surface area contributed by atoms with Crippen LogP contribution in [0.3, 0.4) is 0 Å². The van der Waals surface area contributed by atoms with Crippen molar-refractivity contribution in [3.05, 3.63) is 23.8 Å². The third-order valence-electron chi connectivity index (χ3n) is 3.70. The lowest BCUT2D eigenvalue weighted by molar-refractivity contribution is 0.0584. The van der Waals surface area contributed by atoms with Crippen LogP contribution < -0.4 is 10.2 Å². The van der Waals surface area contributed by atoms with E-state index in [0.717, 1.165) is 24.3 Å². The largest absolute Gasteiger partial charge is 0.443 e. The molecule has 1 heterocycles. The highest BCUT2D eigenvalue weighted by Crippen LogP contribution is 2.31. The highest BCUT2D eigenvalue weighted by molar-refractivity contribution is 5.91. The van der Waals surface area contributed by atoms with E-state index in [1.54, 1.807) is 4.90 Å². The van der Waals surface area contributed by atoms with Gasteiger partial charge in [-0.2, -0.15) is 0 Å². The maximum Gasteiger partial charge on any atom is 0.414 e. The molecule has 0 radical (unpaired) electrons. The Morgan fingerprint density at radius 2 is 2.09 bits per heavy atom. The Balaban J connectivity index is 1.99. The molecule has 1 aromatic carbocycles. The molecule has 0 saturated carbocycles. The topological polar surface area (TPSA) is 41.6 Å². The number of amides is 1. The van der Waals surface area contributed by atoms with E-state index in [2.05, 4.69) is 18.3 Å². The first kappa shape index (κ1) is 16.7. The number of hydrogen-bond acceptors (Lipinski definition) is 3. The number of unbranched alkanes of at least 4 members (excludes halogenated alkanes) is 2. The van der Waals surface area contributed by atoms with E-state index in [0.29, 0.717) is 6.54 Å². The second-order valence-corrected chi connectivity index (χ2v) is 6.86. The molecule has 22 heavy (non-hydrogen) atoms. The van der Waals surface area contributed by atoms with Crippen LogP contribution in [0.4, 0.5) is 16.2 Å². The van der Waals surface area contributed by atoms with Crippen LogP contribution in [-0.4, -0.2) is 24.8 Å². The summed E-state index contributed by atoms with van der Waals surface area (Å²) in [5.74, 6) is 0. The van der Waals surface area contributed by atoms with Gasteiger partial charge in [0.2, 0.25) is 0 Å². The SMILES string of the molecule is CCCCCNc1ccc2c(c1)CCN2C(=O)OC(C)(C)C. The van der Waals surface area contributed by atoms with E-state index in [1.807, 2.05) is 32.9 Å². The fourth-order valence-electron chi connectivity index (χ4n) is 2.63. The van der Waals surface area contributed by atoms with Gasteiger partial charge < -0.3 is 10.1 Å². The standard InChI is InChI=1S/C18H28N2O2/c1-5-6-7-11-19-15-8-9-16-14(13-15)10-12-20(16)17(21)22-18(2,3)4/h8-9,13,19H,5-7,10-12H2,1-4H3. The molecule has 0 bridgehead atoms. The molecule has 1 N–H and O–H groups in total. The Morgan fingerprint density at radius 1 is 1.32 bits per heavy atom. The lowest BCUT2D eigenvalue weighted by Gasteiger charge is -2.24. The molecule has 0 saturated heterocycles. The molecule has 1 aliphatic heterocycles. The van der Waals surface area contributed by atoms with Gasteiger partial charge in [-0.25, -0.2) is 4.79 Å². The summed E-state index contributed by atoms with van der Waals surface area (Å²) in [6.07, 6.45) is 4.31. The van der Waals surface area contributed by atoms with Crippen molar-refractivity contribution in [2.75, 3.05) is 23.3 Å². The Labute approximate surface area is 133 Å². The van der Waals surface area contributed by atoms with Crippen LogP contribution in [0.5, 0.6) is 0 Å². The quantitative estimate of drug-likeness (QED) is 0.809. The number of nitrogens with zero attached hydrogens (tertiary/aromatic N) is 1. The Kier molecular flexibility index (Phi) is 5.33. The molecule has 0 aromatic heterocycles. The summed E-state index contributed by atoms with van der Waals surface area (Å²) in [6, 6.07) is 6.23. The zero-order chi connectivity index (χ0) is 16.2. The number of ether oxygens (including phenoxy) is 1. The average Bonchev–Trinajstić information content (AvgIpc) is 2.85. The van der Waals surface area contributed by atoms with E-state index in [-0.39, 0.29) is 6.09 Å². The van der Waals surface area contributed by atoms with Crippen molar-refractivity contribution in [2.45, 2.75) is 59.0 Å². The minimum Gasteiger partial charge on any atom is -0.443 e. The van der Waals surface area contributed by atoms with E-state index in [9.17, 15) is 4.79 Å². The summed E-state index contributed by atoms with van der Waals surface area (Å²) in [5, 5.41) is 3.46. The van der Waals surface area contributed by atoms with Crippen LogP contribution in [0.2, 0.25) is 0 Å². The van der Waals surface area contributed by atoms with Crippen molar-refractivity contribution in [2.24, 2.45) is 0 Å². The molecule has 0 atom stereocenters. The van der Waals surface area contributed by atoms with Gasteiger partial charge in [0.05, 0.1) is 5.69 Å². The second kappa shape index (κ2) is 7.03. The summed E-state index contributed by atoms with van der Waals surface area (Å²) >= 11 is 0. The molecular formula is C18H28N2O2. The van der Waals surface area contributed by atoms with Gasteiger partial charge >= 0.3 is 6.09 Å². The van der Waals surface area contributed by atoms with Gasteiger partial charge in [0.1, 0.15) is 5.60 Å². The molecule has 4 heteroatoms.